The molecule has 0 aliphatic carbocycles. The minimum atomic E-state index is -3.39. The van der Waals surface area contributed by atoms with Crippen molar-refractivity contribution in [1.82, 2.24) is 9.71 Å². The molecule has 0 saturated heterocycles. The maximum atomic E-state index is 11.9. The highest BCUT2D eigenvalue weighted by molar-refractivity contribution is 7.89. The molecule has 100 valence electrons. The molecule has 2 rings (SSSR count). The summed E-state index contributed by atoms with van der Waals surface area (Å²) in [7, 11) is -3.39. The molecule has 0 aliphatic heterocycles. The van der Waals surface area contributed by atoms with E-state index in [0.29, 0.717) is 11.4 Å². The average molecular weight is 276 g/mol. The van der Waals surface area contributed by atoms with E-state index >= 15 is 0 Å². The molecule has 0 unspecified atom stereocenters. The van der Waals surface area contributed by atoms with Gasteiger partial charge in [0.1, 0.15) is 0 Å². The molecule has 0 fully saturated rings. The molecular weight excluding hydrogens is 260 g/mol. The Morgan fingerprint density at radius 2 is 1.74 bits per heavy atom. The quantitative estimate of drug-likeness (QED) is 0.821. The van der Waals surface area contributed by atoms with Crippen molar-refractivity contribution < 1.29 is 8.42 Å². The van der Waals surface area contributed by atoms with Crippen molar-refractivity contribution in [3.63, 3.8) is 0 Å². The maximum Gasteiger partial charge on any atom is 0.240 e. The summed E-state index contributed by atoms with van der Waals surface area (Å²) >= 11 is 0. The molecule has 0 atom stereocenters. The Balaban J connectivity index is 1.83. The fourth-order valence-electron chi connectivity index (χ4n) is 1.71. The SMILES string of the molecule is O=S(=O)(NCCCc1ccccn1)c1ccccc1. The van der Waals surface area contributed by atoms with Gasteiger partial charge in [0.25, 0.3) is 0 Å². The minimum Gasteiger partial charge on any atom is -0.261 e. The zero-order chi connectivity index (χ0) is 13.6. The Hall–Kier alpha value is -1.72. The molecular formula is C14H16N2O2S. The van der Waals surface area contributed by atoms with Crippen molar-refractivity contribution in [2.45, 2.75) is 17.7 Å². The van der Waals surface area contributed by atoms with E-state index < -0.39 is 10.0 Å². The minimum absolute atomic E-state index is 0.299. The Bertz CT molecular complexity index is 598. The lowest BCUT2D eigenvalue weighted by molar-refractivity contribution is 0.578. The first-order valence-corrected chi connectivity index (χ1v) is 7.61. The van der Waals surface area contributed by atoms with Gasteiger partial charge < -0.3 is 0 Å². The first-order valence-electron chi connectivity index (χ1n) is 6.13. The van der Waals surface area contributed by atoms with Crippen LogP contribution in [-0.2, 0) is 16.4 Å². The van der Waals surface area contributed by atoms with Crippen LogP contribution in [0, 0.1) is 0 Å². The van der Waals surface area contributed by atoms with Crippen LogP contribution < -0.4 is 4.72 Å². The molecule has 19 heavy (non-hydrogen) atoms. The van der Waals surface area contributed by atoms with Gasteiger partial charge in [-0.25, -0.2) is 13.1 Å². The number of pyridine rings is 1. The fourth-order valence-corrected chi connectivity index (χ4v) is 2.80. The van der Waals surface area contributed by atoms with Crippen LogP contribution in [0.2, 0.25) is 0 Å². The molecule has 0 spiro atoms. The second-order valence-electron chi connectivity index (χ2n) is 4.14. The van der Waals surface area contributed by atoms with Crippen LogP contribution in [0.1, 0.15) is 12.1 Å². The number of hydrogen-bond donors (Lipinski definition) is 1. The highest BCUT2D eigenvalue weighted by Crippen LogP contribution is 2.07. The van der Waals surface area contributed by atoms with Gasteiger partial charge in [-0.1, -0.05) is 24.3 Å². The Labute approximate surface area is 113 Å². The normalized spacial score (nSPS) is 11.4. The number of hydrogen-bond acceptors (Lipinski definition) is 3. The number of benzene rings is 1. The van der Waals surface area contributed by atoms with Crippen molar-refractivity contribution in [2.24, 2.45) is 0 Å². The van der Waals surface area contributed by atoms with Crippen molar-refractivity contribution in [3.05, 3.63) is 60.4 Å². The third kappa shape index (κ3) is 4.15. The van der Waals surface area contributed by atoms with E-state index in [1.807, 2.05) is 18.2 Å². The molecule has 1 N–H and O–H groups in total. The standard InChI is InChI=1S/C14H16N2O2S/c17-19(18,14-9-2-1-3-10-14)16-12-6-8-13-7-4-5-11-15-13/h1-5,7,9-11,16H,6,8,12H2. The van der Waals surface area contributed by atoms with E-state index in [9.17, 15) is 8.42 Å². The van der Waals surface area contributed by atoms with Gasteiger partial charge in [0.15, 0.2) is 0 Å². The summed E-state index contributed by atoms with van der Waals surface area (Å²) in [5.41, 5.74) is 0.974. The number of rotatable bonds is 6. The molecule has 1 aromatic heterocycles. The molecule has 0 amide bonds. The third-order valence-corrected chi connectivity index (χ3v) is 4.16. The van der Waals surface area contributed by atoms with Gasteiger partial charge in [-0.05, 0) is 37.1 Å². The average Bonchev–Trinajstić information content (AvgIpc) is 2.46. The van der Waals surface area contributed by atoms with E-state index in [4.69, 9.17) is 0 Å². The molecule has 0 aliphatic rings. The summed E-state index contributed by atoms with van der Waals surface area (Å²) < 4.78 is 26.4. The van der Waals surface area contributed by atoms with Gasteiger partial charge >= 0.3 is 0 Å². The van der Waals surface area contributed by atoms with Gasteiger partial charge in [-0.15, -0.1) is 0 Å². The smallest absolute Gasteiger partial charge is 0.240 e. The second kappa shape index (κ2) is 6.45. The highest BCUT2D eigenvalue weighted by Gasteiger charge is 2.11. The lowest BCUT2D eigenvalue weighted by atomic mass is 10.2. The van der Waals surface area contributed by atoms with Crippen molar-refractivity contribution >= 4 is 10.0 Å². The molecule has 1 aromatic carbocycles. The summed E-state index contributed by atoms with van der Waals surface area (Å²) in [6.45, 7) is 0.411. The van der Waals surface area contributed by atoms with Gasteiger partial charge in [-0.3, -0.25) is 4.98 Å². The molecule has 4 nitrogen and oxygen atoms in total. The largest absolute Gasteiger partial charge is 0.261 e. The van der Waals surface area contributed by atoms with Crippen LogP contribution in [-0.4, -0.2) is 19.9 Å². The third-order valence-electron chi connectivity index (χ3n) is 2.68. The summed E-state index contributed by atoms with van der Waals surface area (Å²) in [5, 5.41) is 0. The van der Waals surface area contributed by atoms with Gasteiger partial charge in [0.2, 0.25) is 10.0 Å². The first kappa shape index (κ1) is 13.7. The molecule has 0 radical (unpaired) electrons. The number of nitrogens with one attached hydrogen (secondary N) is 1. The molecule has 5 heteroatoms. The number of aromatic nitrogens is 1. The predicted octanol–water partition coefficient (Wildman–Crippen LogP) is 1.99. The fraction of sp³-hybridized carbons (Fsp3) is 0.214. The molecule has 1 heterocycles. The van der Waals surface area contributed by atoms with E-state index in [2.05, 4.69) is 9.71 Å². The first-order chi connectivity index (χ1) is 9.18. The highest BCUT2D eigenvalue weighted by atomic mass is 32.2. The van der Waals surface area contributed by atoms with Gasteiger partial charge in [-0.2, -0.15) is 0 Å². The van der Waals surface area contributed by atoms with Crippen LogP contribution >= 0.6 is 0 Å². The van der Waals surface area contributed by atoms with Crippen molar-refractivity contribution in [3.8, 4) is 0 Å². The molecule has 2 aromatic rings. The number of sulfonamides is 1. The zero-order valence-electron chi connectivity index (χ0n) is 10.5. The monoisotopic (exact) mass is 276 g/mol. The van der Waals surface area contributed by atoms with Crippen LogP contribution in [0.5, 0.6) is 0 Å². The van der Waals surface area contributed by atoms with Crippen LogP contribution in [0.25, 0.3) is 0 Å². The summed E-state index contributed by atoms with van der Waals surface area (Å²) in [6.07, 6.45) is 3.23. The van der Waals surface area contributed by atoms with Crippen LogP contribution in [0.15, 0.2) is 59.6 Å². The molecule has 0 saturated carbocycles. The maximum absolute atomic E-state index is 11.9. The Kier molecular flexibility index (Phi) is 4.65. The lowest BCUT2D eigenvalue weighted by Gasteiger charge is -2.06. The summed E-state index contributed by atoms with van der Waals surface area (Å²) in [6, 6.07) is 14.1. The number of nitrogens with zero attached hydrogens (tertiary/aromatic N) is 1. The van der Waals surface area contributed by atoms with E-state index in [0.717, 1.165) is 18.5 Å². The number of aryl methyl sites for hydroxylation is 1. The van der Waals surface area contributed by atoms with E-state index in [1.54, 1.807) is 36.5 Å². The predicted molar refractivity (Wildman–Crippen MR) is 74.2 cm³/mol. The lowest BCUT2D eigenvalue weighted by Crippen LogP contribution is -2.25. The summed E-state index contributed by atoms with van der Waals surface area (Å²) in [5.74, 6) is 0. The van der Waals surface area contributed by atoms with Gasteiger partial charge in [0, 0.05) is 18.4 Å². The summed E-state index contributed by atoms with van der Waals surface area (Å²) in [4.78, 5) is 4.49. The van der Waals surface area contributed by atoms with Crippen molar-refractivity contribution in [2.75, 3.05) is 6.54 Å². The van der Waals surface area contributed by atoms with Crippen molar-refractivity contribution in [1.29, 1.82) is 0 Å². The van der Waals surface area contributed by atoms with Crippen LogP contribution in [0.3, 0.4) is 0 Å². The van der Waals surface area contributed by atoms with E-state index in [1.165, 1.54) is 0 Å². The Morgan fingerprint density at radius 1 is 1.00 bits per heavy atom. The van der Waals surface area contributed by atoms with E-state index in [-0.39, 0.29) is 0 Å². The van der Waals surface area contributed by atoms with Gasteiger partial charge in [0.05, 0.1) is 4.90 Å². The second-order valence-corrected chi connectivity index (χ2v) is 5.90. The Morgan fingerprint density at radius 3 is 2.42 bits per heavy atom. The molecule has 0 bridgehead atoms. The van der Waals surface area contributed by atoms with Crippen LogP contribution in [0.4, 0.5) is 0 Å². The zero-order valence-corrected chi connectivity index (χ0v) is 11.3. The topological polar surface area (TPSA) is 59.1 Å².